The fourth-order valence-corrected chi connectivity index (χ4v) is 4.07. The van der Waals surface area contributed by atoms with E-state index in [0.717, 1.165) is 29.5 Å². The first-order chi connectivity index (χ1) is 16.7. The van der Waals surface area contributed by atoms with E-state index in [0.29, 0.717) is 18.7 Å². The molecule has 1 aliphatic heterocycles. The van der Waals surface area contributed by atoms with E-state index in [9.17, 15) is 14.4 Å². The summed E-state index contributed by atoms with van der Waals surface area (Å²) in [6.07, 6.45) is 2.08. The Morgan fingerprint density at radius 3 is 2.19 bits per heavy atom. The summed E-state index contributed by atoms with van der Waals surface area (Å²) in [6.45, 7) is 13.3. The largest absolute Gasteiger partial charge is 0.476 e. The molecule has 0 aliphatic carbocycles. The van der Waals surface area contributed by atoms with Gasteiger partial charge in [0.15, 0.2) is 5.60 Å². The second-order valence-electron chi connectivity index (χ2n) is 11.0. The van der Waals surface area contributed by atoms with E-state index in [1.54, 1.807) is 18.7 Å². The number of esters is 1. The molecule has 1 heterocycles. The number of imide groups is 1. The lowest BCUT2D eigenvalue weighted by Crippen LogP contribution is -2.43. The zero-order chi connectivity index (χ0) is 26.7. The number of nitrogens with zero attached hydrogens (tertiary/aromatic N) is 1. The quantitative estimate of drug-likeness (QED) is 0.380. The average Bonchev–Trinajstić information content (AvgIpc) is 3.03. The Bertz CT molecular complexity index is 1120. The number of hydrogen-bond donors (Lipinski definition) is 1. The molecule has 0 radical (unpaired) electrons. The van der Waals surface area contributed by atoms with E-state index in [-0.39, 0.29) is 11.9 Å². The smallest absolute Gasteiger partial charge is 0.350 e. The van der Waals surface area contributed by atoms with Gasteiger partial charge in [0.25, 0.3) is 5.91 Å². The summed E-state index contributed by atoms with van der Waals surface area (Å²) >= 11 is 0. The highest BCUT2D eigenvalue weighted by Gasteiger charge is 2.38. The van der Waals surface area contributed by atoms with Gasteiger partial charge in [-0.3, -0.25) is 10.1 Å². The molecule has 1 aliphatic rings. The van der Waals surface area contributed by atoms with Gasteiger partial charge < -0.3 is 14.4 Å². The second-order valence-corrected chi connectivity index (χ2v) is 11.0. The molecule has 0 bridgehead atoms. The van der Waals surface area contributed by atoms with Gasteiger partial charge in [-0.05, 0) is 102 Å². The molecular formula is C29H38N2O5. The molecule has 36 heavy (non-hydrogen) atoms. The van der Waals surface area contributed by atoms with Crippen LogP contribution in [0.5, 0.6) is 5.75 Å². The lowest BCUT2D eigenvalue weighted by molar-refractivity contribution is -0.170. The van der Waals surface area contributed by atoms with Crippen molar-refractivity contribution in [3.8, 4) is 5.75 Å². The minimum atomic E-state index is -1.11. The summed E-state index contributed by atoms with van der Waals surface area (Å²) in [5.41, 5.74) is 2.76. The lowest BCUT2D eigenvalue weighted by atomic mass is 10.0. The third-order valence-corrected chi connectivity index (χ3v) is 6.22. The Labute approximate surface area is 214 Å². The van der Waals surface area contributed by atoms with Crippen LogP contribution in [0, 0.1) is 13.8 Å². The molecule has 1 atom stereocenters. The zero-order valence-corrected chi connectivity index (χ0v) is 22.4. The fraction of sp³-hybridized carbons (Fsp3) is 0.483. The Hall–Kier alpha value is -3.35. The zero-order valence-electron chi connectivity index (χ0n) is 22.4. The van der Waals surface area contributed by atoms with Crippen molar-refractivity contribution in [2.75, 3.05) is 0 Å². The molecule has 2 aromatic carbocycles. The van der Waals surface area contributed by atoms with E-state index in [4.69, 9.17) is 9.47 Å². The number of carbonyl (C=O) groups is 3. The Kier molecular flexibility index (Phi) is 8.12. The molecule has 7 heteroatoms. The summed E-state index contributed by atoms with van der Waals surface area (Å²) in [6, 6.07) is 12.9. The van der Waals surface area contributed by atoms with Crippen molar-refractivity contribution in [2.45, 2.75) is 91.5 Å². The van der Waals surface area contributed by atoms with Gasteiger partial charge in [0.2, 0.25) is 0 Å². The summed E-state index contributed by atoms with van der Waals surface area (Å²) in [4.78, 5) is 38.9. The van der Waals surface area contributed by atoms with Crippen LogP contribution in [-0.4, -0.2) is 40.1 Å². The van der Waals surface area contributed by atoms with Crippen LogP contribution in [0.4, 0.5) is 4.79 Å². The number of aryl methyl sites for hydroxylation is 3. The normalized spacial score (nSPS) is 16.2. The number of rotatable bonds is 9. The average molecular weight is 495 g/mol. The number of hydrogen-bond acceptors (Lipinski definition) is 5. The van der Waals surface area contributed by atoms with Crippen molar-refractivity contribution in [2.24, 2.45) is 0 Å². The van der Waals surface area contributed by atoms with Crippen LogP contribution in [0.25, 0.3) is 0 Å². The maximum absolute atomic E-state index is 12.4. The predicted molar refractivity (Wildman–Crippen MR) is 139 cm³/mol. The lowest BCUT2D eigenvalue weighted by Gasteiger charge is -2.29. The van der Waals surface area contributed by atoms with Crippen LogP contribution in [0.15, 0.2) is 42.5 Å². The number of urea groups is 1. The van der Waals surface area contributed by atoms with Crippen molar-refractivity contribution < 1.29 is 23.9 Å². The van der Waals surface area contributed by atoms with Crippen LogP contribution in [0.1, 0.15) is 69.7 Å². The summed E-state index contributed by atoms with van der Waals surface area (Å²) in [5, 5.41) is 2.46. The van der Waals surface area contributed by atoms with Gasteiger partial charge in [0.1, 0.15) is 17.4 Å². The topological polar surface area (TPSA) is 84.9 Å². The van der Waals surface area contributed by atoms with E-state index >= 15 is 0 Å². The molecule has 1 saturated heterocycles. The predicted octanol–water partition coefficient (Wildman–Crippen LogP) is 5.25. The van der Waals surface area contributed by atoms with Crippen molar-refractivity contribution in [3.05, 3.63) is 64.7 Å². The highest BCUT2D eigenvalue weighted by Crippen LogP contribution is 2.24. The number of ether oxygens (including phenoxy) is 2. The van der Waals surface area contributed by atoms with E-state index in [1.807, 2.05) is 64.1 Å². The van der Waals surface area contributed by atoms with Gasteiger partial charge in [0.05, 0.1) is 0 Å². The van der Waals surface area contributed by atoms with Gasteiger partial charge in [-0.15, -0.1) is 0 Å². The van der Waals surface area contributed by atoms with Crippen LogP contribution in [-0.2, 0) is 27.3 Å². The van der Waals surface area contributed by atoms with Gasteiger partial charge in [0, 0.05) is 6.54 Å². The number of carbonyl (C=O) groups excluding carboxylic acids is 3. The minimum absolute atomic E-state index is 0.239. The molecule has 0 aromatic heterocycles. The maximum atomic E-state index is 12.4. The third kappa shape index (κ3) is 7.09. The summed E-state index contributed by atoms with van der Waals surface area (Å²) < 4.78 is 11.3. The Morgan fingerprint density at radius 2 is 1.58 bits per heavy atom. The molecule has 3 amide bonds. The van der Waals surface area contributed by atoms with Crippen LogP contribution in [0.3, 0.4) is 0 Å². The van der Waals surface area contributed by atoms with E-state index in [2.05, 4.69) is 18.3 Å². The van der Waals surface area contributed by atoms with Gasteiger partial charge in [-0.2, -0.15) is 0 Å². The highest BCUT2D eigenvalue weighted by atomic mass is 16.6. The Balaban J connectivity index is 1.55. The first-order valence-corrected chi connectivity index (χ1v) is 12.4. The minimum Gasteiger partial charge on any atom is -0.476 e. The van der Waals surface area contributed by atoms with Gasteiger partial charge in [-0.1, -0.05) is 30.3 Å². The molecule has 7 nitrogen and oxygen atoms in total. The van der Waals surface area contributed by atoms with E-state index in [1.165, 1.54) is 5.56 Å². The Morgan fingerprint density at radius 1 is 0.944 bits per heavy atom. The van der Waals surface area contributed by atoms with Gasteiger partial charge >= 0.3 is 12.0 Å². The standard InChI is InChI=1S/C29H38N2O5/c1-19-11-12-22(17-20(19)2)18-31-24(25(32)30-27(31)34)10-8-9-21-13-15-23(16-14-21)35-29(6,7)26(33)36-28(3,4)5/h11-17,24H,8-10,18H2,1-7H3,(H,30,32,34). The first kappa shape index (κ1) is 27.2. The number of benzene rings is 2. The second kappa shape index (κ2) is 10.7. The fourth-order valence-electron chi connectivity index (χ4n) is 4.07. The molecule has 194 valence electrons. The first-order valence-electron chi connectivity index (χ1n) is 12.4. The molecule has 1 unspecified atom stereocenters. The molecule has 1 N–H and O–H groups in total. The van der Waals surface area contributed by atoms with Crippen molar-refractivity contribution in [3.63, 3.8) is 0 Å². The van der Waals surface area contributed by atoms with Crippen LogP contribution in [0.2, 0.25) is 0 Å². The monoisotopic (exact) mass is 494 g/mol. The maximum Gasteiger partial charge on any atom is 0.350 e. The molecule has 1 fully saturated rings. The van der Waals surface area contributed by atoms with Gasteiger partial charge in [-0.25, -0.2) is 9.59 Å². The number of amides is 3. The SMILES string of the molecule is Cc1ccc(CN2C(=O)NC(=O)C2CCCc2ccc(OC(C)(C)C(=O)OC(C)(C)C)cc2)cc1C. The van der Waals surface area contributed by atoms with Crippen LogP contribution >= 0.6 is 0 Å². The van der Waals surface area contributed by atoms with E-state index < -0.39 is 23.2 Å². The number of nitrogens with one attached hydrogen (secondary N) is 1. The van der Waals surface area contributed by atoms with Crippen molar-refractivity contribution in [1.82, 2.24) is 10.2 Å². The van der Waals surface area contributed by atoms with Crippen molar-refractivity contribution >= 4 is 17.9 Å². The molecular weight excluding hydrogens is 456 g/mol. The molecule has 0 spiro atoms. The third-order valence-electron chi connectivity index (χ3n) is 6.22. The summed E-state index contributed by atoms with van der Waals surface area (Å²) in [7, 11) is 0. The molecule has 0 saturated carbocycles. The molecule has 3 rings (SSSR count). The van der Waals surface area contributed by atoms with Crippen LogP contribution < -0.4 is 10.1 Å². The molecule has 2 aromatic rings. The van der Waals surface area contributed by atoms with Crippen molar-refractivity contribution in [1.29, 1.82) is 0 Å². The highest BCUT2D eigenvalue weighted by molar-refractivity contribution is 6.04. The summed E-state index contributed by atoms with van der Waals surface area (Å²) in [5.74, 6) is -0.0827.